The van der Waals surface area contributed by atoms with Crippen molar-refractivity contribution in [1.82, 2.24) is 9.80 Å². The third kappa shape index (κ3) is 5.73. The molecular formula is C40H52N2O10. The van der Waals surface area contributed by atoms with Gasteiger partial charge in [0, 0.05) is 46.9 Å². The molecule has 2 aliphatic heterocycles. The second kappa shape index (κ2) is 13.5. The van der Waals surface area contributed by atoms with E-state index in [2.05, 4.69) is 90.0 Å². The monoisotopic (exact) mass is 720 g/mol. The SMILES string of the molecule is Cc1ccc2c3c1O[C@H]1C(=O)CCC([C@H](N(C)C)C2)[C@@]31C.Cc1ccc2c3c1O[C@H]1C(=O)CCC([C@H](N(C)C)C2)[C@@]31C.O=C(O)C(O)C(O)C(=O)O. The molecule has 2 aromatic rings. The molecule has 0 amide bonds. The number of aliphatic hydroxyl groups is 2. The normalized spacial score (nSPS) is 32.6. The highest BCUT2D eigenvalue weighted by Crippen LogP contribution is 2.59. The molecule has 2 aromatic carbocycles. The summed E-state index contributed by atoms with van der Waals surface area (Å²) in [5.74, 6) is 0.0422. The molecule has 12 nitrogen and oxygen atoms in total. The molecule has 4 N–H and O–H groups in total. The van der Waals surface area contributed by atoms with Crippen LogP contribution in [0.1, 0.15) is 72.9 Å². The fraction of sp³-hybridized carbons (Fsp3) is 0.600. The van der Waals surface area contributed by atoms with Crippen molar-refractivity contribution in [2.45, 2.75) is 114 Å². The molecule has 0 aromatic heterocycles. The Balaban J connectivity index is 0.000000144. The molecule has 2 saturated carbocycles. The third-order valence-corrected chi connectivity index (χ3v) is 13.0. The summed E-state index contributed by atoms with van der Waals surface area (Å²) in [5.41, 5.74) is 7.49. The predicted molar refractivity (Wildman–Crippen MR) is 191 cm³/mol. The molecule has 2 fully saturated rings. The van der Waals surface area contributed by atoms with E-state index in [-0.39, 0.29) is 34.6 Å². The van der Waals surface area contributed by atoms with Gasteiger partial charge in [-0.25, -0.2) is 9.59 Å². The number of rotatable bonds is 5. The average molecular weight is 721 g/mol. The van der Waals surface area contributed by atoms with Crippen LogP contribution in [0, 0.1) is 25.7 Å². The summed E-state index contributed by atoms with van der Waals surface area (Å²) >= 11 is 0. The molecule has 0 saturated heterocycles. The smallest absolute Gasteiger partial charge is 0.335 e. The molecule has 6 aliphatic rings. The quantitative estimate of drug-likeness (QED) is 0.356. The number of aliphatic carboxylic acids is 2. The average Bonchev–Trinajstić information content (AvgIpc) is 3.60. The molecule has 10 atom stereocenters. The van der Waals surface area contributed by atoms with E-state index in [9.17, 15) is 19.2 Å². The van der Waals surface area contributed by atoms with Crippen LogP contribution < -0.4 is 9.47 Å². The van der Waals surface area contributed by atoms with Crippen molar-refractivity contribution in [1.29, 1.82) is 0 Å². The Morgan fingerprint density at radius 3 is 1.35 bits per heavy atom. The van der Waals surface area contributed by atoms with Gasteiger partial charge in [-0.15, -0.1) is 0 Å². The van der Waals surface area contributed by atoms with Crippen LogP contribution in [0.2, 0.25) is 0 Å². The number of aryl methyl sites for hydroxylation is 2. The molecule has 12 heteroatoms. The number of carboxylic acids is 2. The van der Waals surface area contributed by atoms with E-state index >= 15 is 0 Å². The summed E-state index contributed by atoms with van der Waals surface area (Å²) in [6.07, 6.45) is 0.378. The zero-order valence-corrected chi connectivity index (χ0v) is 31.3. The van der Waals surface area contributed by atoms with Gasteiger partial charge in [0.2, 0.25) is 0 Å². The Morgan fingerprint density at radius 1 is 0.692 bits per heavy atom. The standard InChI is InChI=1S/2C18H23NO2.C4H6O6/c2*1-10-5-6-11-9-13(19(3)4)12-7-8-14(20)17-18(12,2)15(11)16(10)21-17;5-1(3(7)8)2(6)4(9)10/h2*5-6,12-13,17H,7-9H2,1-4H3;1-2,5-6H,(H,7,8)(H,9,10)/t2*12?,13-,17+,18+;/m11./s1. The van der Waals surface area contributed by atoms with Crippen LogP contribution in [0.5, 0.6) is 11.5 Å². The molecule has 4 aliphatic carbocycles. The highest BCUT2D eigenvalue weighted by molar-refractivity contribution is 5.89. The summed E-state index contributed by atoms with van der Waals surface area (Å²) in [5, 5.41) is 32.5. The number of likely N-dealkylation sites (N-methyl/N-ethyl adjacent to an activating group) is 2. The summed E-state index contributed by atoms with van der Waals surface area (Å²) in [6, 6.07) is 9.78. The number of Topliss-reactive ketones (excluding diaryl/α,β-unsaturated/α-hetero) is 2. The first-order valence-electron chi connectivity index (χ1n) is 18.1. The second-order valence-electron chi connectivity index (χ2n) is 16.3. The lowest BCUT2D eigenvalue weighted by Gasteiger charge is -2.50. The van der Waals surface area contributed by atoms with Crippen molar-refractivity contribution in [3.05, 3.63) is 57.6 Å². The van der Waals surface area contributed by atoms with Crippen LogP contribution in [0.15, 0.2) is 24.3 Å². The van der Waals surface area contributed by atoms with E-state index in [1.54, 1.807) is 0 Å². The first kappa shape index (κ1) is 37.9. The van der Waals surface area contributed by atoms with Crippen molar-refractivity contribution >= 4 is 23.5 Å². The Hall–Kier alpha value is -3.84. The minimum Gasteiger partial charge on any atom is -0.481 e. The topological polar surface area (TPSA) is 174 Å². The van der Waals surface area contributed by atoms with Crippen LogP contribution in [-0.2, 0) is 42.8 Å². The maximum absolute atomic E-state index is 12.5. The number of carbonyl (C=O) groups excluding carboxylic acids is 2. The maximum Gasteiger partial charge on any atom is 0.335 e. The van der Waals surface area contributed by atoms with E-state index < -0.39 is 24.1 Å². The molecule has 52 heavy (non-hydrogen) atoms. The van der Waals surface area contributed by atoms with Crippen molar-refractivity contribution < 1.29 is 49.1 Å². The highest BCUT2D eigenvalue weighted by atomic mass is 16.5. The van der Waals surface area contributed by atoms with Gasteiger partial charge in [-0.3, -0.25) is 9.59 Å². The van der Waals surface area contributed by atoms with Crippen molar-refractivity contribution in [3.8, 4) is 11.5 Å². The predicted octanol–water partition coefficient (Wildman–Crippen LogP) is 2.84. The van der Waals surface area contributed by atoms with Gasteiger partial charge in [-0.05, 0) is 102 Å². The van der Waals surface area contributed by atoms with Gasteiger partial charge in [-0.2, -0.15) is 0 Å². The lowest BCUT2D eigenvalue weighted by atomic mass is 9.55. The molecule has 8 rings (SSSR count). The van der Waals surface area contributed by atoms with Gasteiger partial charge in [0.05, 0.1) is 0 Å². The third-order valence-electron chi connectivity index (χ3n) is 13.0. The van der Waals surface area contributed by atoms with Gasteiger partial charge >= 0.3 is 11.9 Å². The van der Waals surface area contributed by atoms with Crippen LogP contribution in [0.25, 0.3) is 0 Å². The summed E-state index contributed by atoms with van der Waals surface area (Å²) < 4.78 is 12.4. The van der Waals surface area contributed by atoms with Gasteiger partial charge < -0.3 is 39.7 Å². The highest BCUT2D eigenvalue weighted by Gasteiger charge is 2.62. The summed E-state index contributed by atoms with van der Waals surface area (Å²) in [7, 11) is 8.65. The largest absolute Gasteiger partial charge is 0.481 e. The minimum absolute atomic E-state index is 0.140. The van der Waals surface area contributed by atoms with Gasteiger partial charge in [0.25, 0.3) is 0 Å². The fourth-order valence-corrected chi connectivity index (χ4v) is 10.3. The molecule has 4 unspecified atom stereocenters. The lowest BCUT2D eigenvalue weighted by Crippen LogP contribution is -2.59. The van der Waals surface area contributed by atoms with Crippen molar-refractivity contribution in [2.75, 3.05) is 28.2 Å². The Kier molecular flexibility index (Phi) is 9.87. The number of hydrogen-bond donors (Lipinski definition) is 4. The molecular weight excluding hydrogens is 668 g/mol. The van der Waals surface area contributed by atoms with E-state index in [0.717, 1.165) is 37.2 Å². The van der Waals surface area contributed by atoms with E-state index in [0.29, 0.717) is 36.8 Å². The van der Waals surface area contributed by atoms with Crippen molar-refractivity contribution in [3.63, 3.8) is 0 Å². The van der Waals surface area contributed by atoms with Crippen LogP contribution in [0.4, 0.5) is 0 Å². The molecule has 2 heterocycles. The maximum atomic E-state index is 12.5. The number of nitrogens with zero attached hydrogens (tertiary/aromatic N) is 2. The summed E-state index contributed by atoms with van der Waals surface area (Å²) in [6.45, 7) is 8.72. The first-order valence-corrected chi connectivity index (χ1v) is 18.1. The Labute approximate surface area is 304 Å². The molecule has 0 spiro atoms. The van der Waals surface area contributed by atoms with Gasteiger partial charge in [0.15, 0.2) is 36.0 Å². The van der Waals surface area contributed by atoms with Gasteiger partial charge in [-0.1, -0.05) is 38.1 Å². The number of ketones is 2. The first-order chi connectivity index (χ1) is 24.3. The van der Waals surface area contributed by atoms with E-state index in [1.807, 2.05) is 0 Å². The van der Waals surface area contributed by atoms with Gasteiger partial charge in [0.1, 0.15) is 11.5 Å². The Morgan fingerprint density at radius 2 is 1.04 bits per heavy atom. The van der Waals surface area contributed by atoms with Crippen LogP contribution in [-0.4, -0.2) is 118 Å². The van der Waals surface area contributed by atoms with Crippen LogP contribution >= 0.6 is 0 Å². The number of carbonyl (C=O) groups is 4. The lowest BCUT2D eigenvalue weighted by molar-refractivity contribution is -0.165. The number of benzene rings is 2. The number of carboxylic acid groups (broad SMARTS) is 2. The molecule has 282 valence electrons. The number of hydrogen-bond acceptors (Lipinski definition) is 10. The number of ether oxygens (including phenoxy) is 2. The second-order valence-corrected chi connectivity index (χ2v) is 16.3. The van der Waals surface area contributed by atoms with Crippen molar-refractivity contribution in [2.24, 2.45) is 11.8 Å². The zero-order chi connectivity index (χ0) is 38.2. The van der Waals surface area contributed by atoms with Crippen LogP contribution in [0.3, 0.4) is 0 Å². The van der Waals surface area contributed by atoms with E-state index in [1.165, 1.54) is 33.4 Å². The fourth-order valence-electron chi connectivity index (χ4n) is 10.3. The zero-order valence-electron chi connectivity index (χ0n) is 31.3. The summed E-state index contributed by atoms with van der Waals surface area (Å²) in [4.78, 5) is 49.2. The molecule has 0 bridgehead atoms. The number of aliphatic hydroxyl groups excluding tert-OH is 2. The Bertz CT molecular complexity index is 1680. The molecule has 0 radical (unpaired) electrons. The van der Waals surface area contributed by atoms with E-state index in [4.69, 9.17) is 29.9 Å². The minimum atomic E-state index is -2.27.